The zero-order chi connectivity index (χ0) is 19.4. The fraction of sp³-hybridized carbons (Fsp3) is 0.300. The lowest BCUT2D eigenvalue weighted by Gasteiger charge is -2.15. The molecule has 0 aliphatic carbocycles. The van der Waals surface area contributed by atoms with Gasteiger partial charge in [0.15, 0.2) is 0 Å². The second-order valence-electron chi connectivity index (χ2n) is 6.67. The third kappa shape index (κ3) is 4.49. The first kappa shape index (κ1) is 18.6. The fourth-order valence-corrected chi connectivity index (χ4v) is 3.11. The molecule has 0 spiro atoms. The van der Waals surface area contributed by atoms with E-state index in [1.807, 2.05) is 4.90 Å². The van der Waals surface area contributed by atoms with Crippen LogP contribution in [0.2, 0.25) is 0 Å². The Hall–Kier alpha value is -3.22. The van der Waals surface area contributed by atoms with Crippen molar-refractivity contribution < 1.29 is 14.5 Å². The summed E-state index contributed by atoms with van der Waals surface area (Å²) in [5.41, 5.74) is 2.10. The Kier molecular flexibility index (Phi) is 5.49. The third-order valence-corrected chi connectivity index (χ3v) is 4.69. The molecule has 1 N–H and O–H groups in total. The normalized spacial score (nSPS) is 13.4. The molecule has 0 radical (unpaired) electrons. The van der Waals surface area contributed by atoms with Gasteiger partial charge < -0.3 is 10.2 Å². The molecule has 0 saturated carbocycles. The minimum atomic E-state index is -0.502. The van der Waals surface area contributed by atoms with E-state index in [0.717, 1.165) is 31.5 Å². The Balaban J connectivity index is 1.64. The van der Waals surface area contributed by atoms with Crippen LogP contribution in [0, 0.1) is 17.0 Å². The molecule has 1 fully saturated rings. The molecule has 3 rings (SSSR count). The van der Waals surface area contributed by atoms with Crippen molar-refractivity contribution in [3.8, 4) is 0 Å². The van der Waals surface area contributed by atoms with Gasteiger partial charge in [-0.05, 0) is 43.5 Å². The van der Waals surface area contributed by atoms with E-state index in [1.54, 1.807) is 43.3 Å². The molecule has 140 valence electrons. The van der Waals surface area contributed by atoms with E-state index < -0.39 is 10.8 Å². The molecule has 0 unspecified atom stereocenters. The van der Waals surface area contributed by atoms with Crippen LogP contribution in [-0.2, 0) is 11.2 Å². The Morgan fingerprint density at radius 1 is 1.11 bits per heavy atom. The number of anilines is 1. The highest BCUT2D eigenvalue weighted by Crippen LogP contribution is 2.20. The van der Waals surface area contributed by atoms with Crippen LogP contribution in [-0.4, -0.2) is 34.7 Å². The van der Waals surface area contributed by atoms with Gasteiger partial charge >= 0.3 is 0 Å². The van der Waals surface area contributed by atoms with Crippen molar-refractivity contribution in [3.63, 3.8) is 0 Å². The second kappa shape index (κ2) is 7.99. The van der Waals surface area contributed by atoms with Crippen molar-refractivity contribution >= 4 is 23.2 Å². The maximum Gasteiger partial charge on any atom is 0.273 e. The lowest BCUT2D eigenvalue weighted by molar-refractivity contribution is -0.385. The molecule has 7 heteroatoms. The van der Waals surface area contributed by atoms with Gasteiger partial charge in [0.2, 0.25) is 5.91 Å². The van der Waals surface area contributed by atoms with E-state index in [4.69, 9.17) is 0 Å². The van der Waals surface area contributed by atoms with E-state index >= 15 is 0 Å². The van der Waals surface area contributed by atoms with Crippen LogP contribution >= 0.6 is 0 Å². The SMILES string of the molecule is Cc1ccc(C(=O)Nc2ccc(CC(=O)N3CCCC3)cc2)cc1[N+](=O)[O-]. The number of carbonyl (C=O) groups excluding carboxylic acids is 2. The quantitative estimate of drug-likeness (QED) is 0.648. The summed E-state index contributed by atoms with van der Waals surface area (Å²) in [4.78, 5) is 36.9. The van der Waals surface area contributed by atoms with Gasteiger partial charge in [-0.3, -0.25) is 19.7 Å². The third-order valence-electron chi connectivity index (χ3n) is 4.69. The van der Waals surface area contributed by atoms with Crippen LogP contribution < -0.4 is 5.32 Å². The summed E-state index contributed by atoms with van der Waals surface area (Å²) in [6.45, 7) is 3.29. The van der Waals surface area contributed by atoms with Gasteiger partial charge in [-0.25, -0.2) is 0 Å². The smallest absolute Gasteiger partial charge is 0.273 e. The summed E-state index contributed by atoms with van der Waals surface area (Å²) in [5, 5.41) is 13.7. The average Bonchev–Trinajstić information content (AvgIpc) is 3.18. The number of aryl methyl sites for hydroxylation is 1. The van der Waals surface area contributed by atoms with Gasteiger partial charge in [0, 0.05) is 36.0 Å². The van der Waals surface area contributed by atoms with Crippen molar-refractivity contribution in [1.82, 2.24) is 4.90 Å². The molecule has 1 saturated heterocycles. The molecular weight excluding hydrogens is 346 g/mol. The van der Waals surface area contributed by atoms with Crippen LogP contribution in [0.15, 0.2) is 42.5 Å². The molecule has 7 nitrogen and oxygen atoms in total. The highest BCUT2D eigenvalue weighted by atomic mass is 16.6. The maximum absolute atomic E-state index is 12.3. The van der Waals surface area contributed by atoms with Crippen molar-refractivity contribution in [1.29, 1.82) is 0 Å². The molecule has 1 aliphatic heterocycles. The van der Waals surface area contributed by atoms with Crippen LogP contribution in [0.1, 0.15) is 34.3 Å². The molecule has 0 atom stereocenters. The van der Waals surface area contributed by atoms with Gasteiger partial charge in [-0.2, -0.15) is 0 Å². The summed E-state index contributed by atoms with van der Waals surface area (Å²) in [5.74, 6) is -0.296. The van der Waals surface area contributed by atoms with Crippen molar-refractivity contribution in [3.05, 3.63) is 69.3 Å². The van der Waals surface area contributed by atoms with Crippen molar-refractivity contribution in [2.45, 2.75) is 26.2 Å². The predicted molar refractivity (Wildman–Crippen MR) is 102 cm³/mol. The second-order valence-corrected chi connectivity index (χ2v) is 6.67. The lowest BCUT2D eigenvalue weighted by atomic mass is 10.1. The maximum atomic E-state index is 12.3. The Labute approximate surface area is 157 Å². The summed E-state index contributed by atoms with van der Waals surface area (Å²) in [7, 11) is 0. The van der Waals surface area contributed by atoms with Crippen LogP contribution in [0.4, 0.5) is 11.4 Å². The average molecular weight is 367 g/mol. The first-order chi connectivity index (χ1) is 12.9. The van der Waals surface area contributed by atoms with E-state index in [9.17, 15) is 19.7 Å². The van der Waals surface area contributed by atoms with Gasteiger partial charge in [0.25, 0.3) is 11.6 Å². The van der Waals surface area contributed by atoms with E-state index in [0.29, 0.717) is 17.7 Å². The standard InChI is InChI=1S/C20H21N3O4/c1-14-4-7-16(13-18(14)23(26)27)20(25)21-17-8-5-15(6-9-17)12-19(24)22-10-2-3-11-22/h4-9,13H,2-3,10-12H2,1H3,(H,21,25). The predicted octanol–water partition coefficient (Wildman–Crippen LogP) is 3.32. The number of carbonyl (C=O) groups is 2. The van der Waals surface area contributed by atoms with E-state index in [1.165, 1.54) is 6.07 Å². The first-order valence-electron chi connectivity index (χ1n) is 8.87. The Morgan fingerprint density at radius 3 is 2.41 bits per heavy atom. The summed E-state index contributed by atoms with van der Waals surface area (Å²) < 4.78 is 0. The summed E-state index contributed by atoms with van der Waals surface area (Å²) in [6.07, 6.45) is 2.47. The van der Waals surface area contributed by atoms with Gasteiger partial charge in [-0.1, -0.05) is 18.2 Å². The molecule has 2 aromatic carbocycles. The summed E-state index contributed by atoms with van der Waals surface area (Å²) in [6, 6.07) is 11.5. The van der Waals surface area contributed by atoms with Crippen LogP contribution in [0.3, 0.4) is 0 Å². The largest absolute Gasteiger partial charge is 0.342 e. The first-order valence-corrected chi connectivity index (χ1v) is 8.87. The highest BCUT2D eigenvalue weighted by Gasteiger charge is 2.18. The lowest BCUT2D eigenvalue weighted by Crippen LogP contribution is -2.29. The van der Waals surface area contributed by atoms with Crippen molar-refractivity contribution in [2.24, 2.45) is 0 Å². The number of nitro groups is 1. The number of likely N-dealkylation sites (tertiary alicyclic amines) is 1. The summed E-state index contributed by atoms with van der Waals surface area (Å²) >= 11 is 0. The van der Waals surface area contributed by atoms with E-state index in [-0.39, 0.29) is 17.2 Å². The molecule has 2 amide bonds. The van der Waals surface area contributed by atoms with Gasteiger partial charge in [-0.15, -0.1) is 0 Å². The van der Waals surface area contributed by atoms with Crippen molar-refractivity contribution in [2.75, 3.05) is 18.4 Å². The molecule has 1 aliphatic rings. The van der Waals surface area contributed by atoms with Crippen LogP contribution in [0.5, 0.6) is 0 Å². The topological polar surface area (TPSA) is 92.6 Å². The molecule has 27 heavy (non-hydrogen) atoms. The monoisotopic (exact) mass is 367 g/mol. The Morgan fingerprint density at radius 2 is 1.78 bits per heavy atom. The van der Waals surface area contributed by atoms with Gasteiger partial charge in [0.05, 0.1) is 11.3 Å². The zero-order valence-corrected chi connectivity index (χ0v) is 15.1. The number of hydrogen-bond donors (Lipinski definition) is 1. The zero-order valence-electron chi connectivity index (χ0n) is 15.1. The van der Waals surface area contributed by atoms with Crippen LogP contribution in [0.25, 0.3) is 0 Å². The number of benzene rings is 2. The molecule has 0 aromatic heterocycles. The number of rotatable bonds is 5. The number of nitrogens with one attached hydrogen (secondary N) is 1. The molecular formula is C20H21N3O4. The number of nitro benzene ring substituents is 1. The van der Waals surface area contributed by atoms with E-state index in [2.05, 4.69) is 5.32 Å². The fourth-order valence-electron chi connectivity index (χ4n) is 3.11. The van der Waals surface area contributed by atoms with Gasteiger partial charge in [0.1, 0.15) is 0 Å². The Bertz CT molecular complexity index is 871. The molecule has 2 aromatic rings. The minimum absolute atomic E-state index is 0.0848. The minimum Gasteiger partial charge on any atom is -0.342 e. The molecule has 1 heterocycles. The number of amides is 2. The molecule has 0 bridgehead atoms. The number of nitrogens with zero attached hydrogens (tertiary/aromatic N) is 2. The number of hydrogen-bond acceptors (Lipinski definition) is 4. The highest BCUT2D eigenvalue weighted by molar-refractivity contribution is 6.04.